The lowest BCUT2D eigenvalue weighted by molar-refractivity contribution is 0.0691. The number of nitrogens with one attached hydrogen (secondary N) is 1. The molecule has 0 aliphatic heterocycles. The summed E-state index contributed by atoms with van der Waals surface area (Å²) >= 11 is 1.87. The van der Waals surface area contributed by atoms with E-state index in [4.69, 9.17) is 5.11 Å². The van der Waals surface area contributed by atoms with Crippen LogP contribution in [-0.4, -0.2) is 39.6 Å². The van der Waals surface area contributed by atoms with Crippen LogP contribution in [0.25, 0.3) is 0 Å². The van der Waals surface area contributed by atoms with Gasteiger partial charge in [-0.15, -0.1) is 0 Å². The molecule has 5 nitrogen and oxygen atoms in total. The van der Waals surface area contributed by atoms with Gasteiger partial charge in [-0.25, -0.2) is 14.8 Å². The Kier molecular flexibility index (Phi) is 7.17. The lowest BCUT2D eigenvalue weighted by Crippen LogP contribution is -2.11. The first-order valence-electron chi connectivity index (χ1n) is 6.03. The molecule has 0 unspecified atom stereocenters. The fraction of sp³-hybridized carbons (Fsp3) is 0.583. The quantitative estimate of drug-likeness (QED) is 0.671. The molecule has 2 N–H and O–H groups in total. The van der Waals surface area contributed by atoms with Gasteiger partial charge in [0.05, 0.1) is 0 Å². The van der Waals surface area contributed by atoms with E-state index in [2.05, 4.69) is 21.5 Å². The van der Waals surface area contributed by atoms with Crippen molar-refractivity contribution in [2.24, 2.45) is 0 Å². The van der Waals surface area contributed by atoms with Crippen LogP contribution in [0.2, 0.25) is 0 Å². The van der Waals surface area contributed by atoms with Crippen molar-refractivity contribution in [3.8, 4) is 0 Å². The number of anilines is 1. The number of carbonyl (C=O) groups is 1. The molecular weight excluding hydrogens is 250 g/mol. The fourth-order valence-electron chi connectivity index (χ4n) is 1.56. The Morgan fingerprint density at radius 3 is 2.72 bits per heavy atom. The summed E-state index contributed by atoms with van der Waals surface area (Å²) in [6.07, 6.45) is 9.62. The smallest absolute Gasteiger partial charge is 0.358 e. The van der Waals surface area contributed by atoms with E-state index in [1.165, 1.54) is 31.0 Å². The van der Waals surface area contributed by atoms with Crippen molar-refractivity contribution in [1.82, 2.24) is 9.97 Å². The summed E-state index contributed by atoms with van der Waals surface area (Å²) in [7, 11) is 0. The molecule has 1 rings (SSSR count). The fourth-order valence-corrected chi connectivity index (χ4v) is 2.05. The second kappa shape index (κ2) is 8.74. The second-order valence-corrected chi connectivity index (χ2v) is 4.88. The van der Waals surface area contributed by atoms with E-state index in [1.54, 1.807) is 0 Å². The van der Waals surface area contributed by atoms with Crippen LogP contribution in [0.4, 0.5) is 5.82 Å². The molecule has 0 saturated heterocycles. The zero-order valence-electron chi connectivity index (χ0n) is 10.6. The predicted molar refractivity (Wildman–Crippen MR) is 74.3 cm³/mol. The minimum Gasteiger partial charge on any atom is -0.476 e. The van der Waals surface area contributed by atoms with Crippen molar-refractivity contribution < 1.29 is 9.90 Å². The van der Waals surface area contributed by atoms with Gasteiger partial charge in [0.15, 0.2) is 11.5 Å². The Bertz CT molecular complexity index is 374. The van der Waals surface area contributed by atoms with Gasteiger partial charge in [0.2, 0.25) is 0 Å². The zero-order chi connectivity index (χ0) is 13.2. The van der Waals surface area contributed by atoms with Gasteiger partial charge >= 0.3 is 5.97 Å². The summed E-state index contributed by atoms with van der Waals surface area (Å²) in [5.74, 6) is 0.514. The number of carboxylic acids is 1. The Hall–Kier alpha value is -1.30. The molecule has 0 radical (unpaired) electrons. The molecule has 0 amide bonds. The highest BCUT2D eigenvalue weighted by Crippen LogP contribution is 2.09. The average Bonchev–Trinajstić information content (AvgIpc) is 2.38. The summed E-state index contributed by atoms with van der Waals surface area (Å²) in [4.78, 5) is 18.7. The number of aromatic carboxylic acids is 1. The number of hydrogen-bond donors (Lipinski definition) is 2. The van der Waals surface area contributed by atoms with Crippen LogP contribution in [0.15, 0.2) is 12.4 Å². The topological polar surface area (TPSA) is 75.1 Å². The lowest BCUT2D eigenvalue weighted by atomic mass is 10.2. The number of hydrogen-bond acceptors (Lipinski definition) is 5. The van der Waals surface area contributed by atoms with Crippen LogP contribution in [-0.2, 0) is 0 Å². The number of unbranched alkanes of at least 4 members (excludes halogenated alkanes) is 3. The predicted octanol–water partition coefficient (Wildman–Crippen LogP) is 2.51. The maximum absolute atomic E-state index is 10.9. The third-order valence-corrected chi connectivity index (χ3v) is 3.17. The van der Waals surface area contributed by atoms with Crippen LogP contribution in [0.3, 0.4) is 0 Å². The van der Waals surface area contributed by atoms with E-state index in [0.717, 1.165) is 19.4 Å². The summed E-state index contributed by atoms with van der Waals surface area (Å²) in [6, 6.07) is 0. The Morgan fingerprint density at radius 1 is 1.28 bits per heavy atom. The molecule has 0 aliphatic carbocycles. The Labute approximate surface area is 111 Å². The first kappa shape index (κ1) is 14.8. The van der Waals surface area contributed by atoms with E-state index >= 15 is 0 Å². The molecule has 0 aliphatic rings. The van der Waals surface area contributed by atoms with Crippen LogP contribution >= 0.6 is 11.8 Å². The summed E-state index contributed by atoms with van der Waals surface area (Å²) < 4.78 is 0. The van der Waals surface area contributed by atoms with E-state index in [1.807, 2.05) is 11.8 Å². The molecule has 100 valence electrons. The van der Waals surface area contributed by atoms with Gasteiger partial charge in [-0.1, -0.05) is 12.8 Å². The van der Waals surface area contributed by atoms with Crippen molar-refractivity contribution in [2.45, 2.75) is 25.7 Å². The zero-order valence-corrected chi connectivity index (χ0v) is 11.4. The molecule has 0 aromatic carbocycles. The first-order valence-corrected chi connectivity index (χ1v) is 7.42. The molecule has 1 aromatic heterocycles. The molecule has 0 spiro atoms. The third-order valence-electron chi connectivity index (χ3n) is 2.47. The minimum atomic E-state index is -1.05. The summed E-state index contributed by atoms with van der Waals surface area (Å²) in [5.41, 5.74) is -0.0140. The molecule has 1 heterocycles. The van der Waals surface area contributed by atoms with Crippen molar-refractivity contribution >= 4 is 23.5 Å². The first-order chi connectivity index (χ1) is 8.75. The standard InChI is InChI=1S/C12H19N3O2S/c1-18-9-5-3-2-4-6-14-11-10(12(16)17)13-7-8-15-11/h7-8H,2-6,9H2,1H3,(H,14,15)(H,16,17). The maximum atomic E-state index is 10.9. The van der Waals surface area contributed by atoms with Crippen LogP contribution < -0.4 is 5.32 Å². The largest absolute Gasteiger partial charge is 0.476 e. The third kappa shape index (κ3) is 5.35. The highest BCUT2D eigenvalue weighted by molar-refractivity contribution is 7.98. The lowest BCUT2D eigenvalue weighted by Gasteiger charge is -2.07. The van der Waals surface area contributed by atoms with E-state index in [9.17, 15) is 4.79 Å². The average molecular weight is 269 g/mol. The van der Waals surface area contributed by atoms with Gasteiger partial charge in [-0.2, -0.15) is 11.8 Å². The normalized spacial score (nSPS) is 10.3. The Morgan fingerprint density at radius 2 is 2.00 bits per heavy atom. The van der Waals surface area contributed by atoms with Gasteiger partial charge in [0.1, 0.15) is 0 Å². The number of rotatable bonds is 9. The van der Waals surface area contributed by atoms with Crippen LogP contribution in [0.5, 0.6) is 0 Å². The molecule has 1 aromatic rings. The molecule has 0 atom stereocenters. The van der Waals surface area contributed by atoms with Gasteiger partial charge in [0.25, 0.3) is 0 Å². The Balaban J connectivity index is 2.25. The molecule has 6 heteroatoms. The second-order valence-electron chi connectivity index (χ2n) is 3.89. The van der Waals surface area contributed by atoms with Crippen molar-refractivity contribution in [3.05, 3.63) is 18.1 Å². The number of nitrogens with zero attached hydrogens (tertiary/aromatic N) is 2. The summed E-state index contributed by atoms with van der Waals surface area (Å²) in [6.45, 7) is 0.734. The minimum absolute atomic E-state index is 0.0140. The molecule has 0 bridgehead atoms. The van der Waals surface area contributed by atoms with Gasteiger partial charge in [-0.3, -0.25) is 0 Å². The van der Waals surface area contributed by atoms with Crippen LogP contribution in [0.1, 0.15) is 36.2 Å². The summed E-state index contributed by atoms with van der Waals surface area (Å²) in [5, 5.41) is 11.9. The van der Waals surface area contributed by atoms with E-state index in [-0.39, 0.29) is 5.69 Å². The van der Waals surface area contributed by atoms with Crippen LogP contribution in [0, 0.1) is 0 Å². The highest BCUT2D eigenvalue weighted by Gasteiger charge is 2.11. The van der Waals surface area contributed by atoms with Crippen molar-refractivity contribution in [1.29, 1.82) is 0 Å². The maximum Gasteiger partial charge on any atom is 0.358 e. The SMILES string of the molecule is CSCCCCCCNc1nccnc1C(=O)O. The number of aromatic nitrogens is 2. The van der Waals surface area contributed by atoms with E-state index < -0.39 is 5.97 Å². The molecule has 0 fully saturated rings. The number of carboxylic acid groups (broad SMARTS) is 1. The number of thioether (sulfide) groups is 1. The van der Waals surface area contributed by atoms with Gasteiger partial charge in [-0.05, 0) is 24.9 Å². The van der Waals surface area contributed by atoms with Crippen molar-refractivity contribution in [3.63, 3.8) is 0 Å². The molecule has 0 saturated carbocycles. The van der Waals surface area contributed by atoms with Gasteiger partial charge in [0, 0.05) is 18.9 Å². The monoisotopic (exact) mass is 269 g/mol. The molecular formula is C12H19N3O2S. The van der Waals surface area contributed by atoms with Crippen molar-refractivity contribution in [2.75, 3.05) is 23.9 Å². The van der Waals surface area contributed by atoms with Gasteiger partial charge < -0.3 is 10.4 Å². The highest BCUT2D eigenvalue weighted by atomic mass is 32.2. The van der Waals surface area contributed by atoms with E-state index in [0.29, 0.717) is 5.82 Å². The molecule has 18 heavy (non-hydrogen) atoms.